The molecule has 1 aliphatic rings. The molecule has 0 bridgehead atoms. The van der Waals surface area contributed by atoms with Crippen molar-refractivity contribution >= 4 is 11.6 Å². The van der Waals surface area contributed by atoms with E-state index in [9.17, 15) is 9.59 Å². The molecule has 1 aromatic heterocycles. The van der Waals surface area contributed by atoms with Crippen LogP contribution in [0.3, 0.4) is 0 Å². The molecule has 6 heteroatoms. The van der Waals surface area contributed by atoms with E-state index in [1.165, 1.54) is 4.68 Å². The molecule has 134 valence electrons. The van der Waals surface area contributed by atoms with Crippen LogP contribution < -0.4 is 15.8 Å². The third kappa shape index (κ3) is 4.82. The van der Waals surface area contributed by atoms with Crippen LogP contribution in [0.25, 0.3) is 0 Å². The largest absolute Gasteiger partial charge is 0.370 e. The van der Waals surface area contributed by atoms with Gasteiger partial charge in [0.25, 0.3) is 5.56 Å². The van der Waals surface area contributed by atoms with E-state index in [0.29, 0.717) is 18.9 Å². The van der Waals surface area contributed by atoms with Crippen molar-refractivity contribution in [2.75, 3.05) is 18.0 Å². The Hall–Kier alpha value is -1.85. The Morgan fingerprint density at radius 3 is 2.75 bits per heavy atom. The van der Waals surface area contributed by atoms with Crippen molar-refractivity contribution in [3.8, 4) is 0 Å². The molecular weight excluding hydrogens is 304 g/mol. The quantitative estimate of drug-likeness (QED) is 0.830. The lowest BCUT2D eigenvalue weighted by atomic mass is 9.94. The maximum absolute atomic E-state index is 12.2. The lowest BCUT2D eigenvalue weighted by Crippen LogP contribution is -2.40. The van der Waals surface area contributed by atoms with Crippen molar-refractivity contribution in [3.05, 3.63) is 22.6 Å². The fourth-order valence-electron chi connectivity index (χ4n) is 3.34. The molecule has 6 nitrogen and oxygen atoms in total. The number of carbonyl (C=O) groups is 1. The Morgan fingerprint density at radius 2 is 2.12 bits per heavy atom. The number of nitrogens with zero attached hydrogens (tertiary/aromatic N) is 3. The number of carbonyl (C=O) groups excluding carboxylic acids is 1. The fraction of sp³-hybridized carbons (Fsp3) is 0.722. The molecule has 2 rings (SSSR count). The van der Waals surface area contributed by atoms with Crippen molar-refractivity contribution in [1.82, 2.24) is 15.1 Å². The van der Waals surface area contributed by atoms with Gasteiger partial charge in [0.15, 0.2) is 0 Å². The molecule has 24 heavy (non-hydrogen) atoms. The number of rotatable bonds is 7. The highest BCUT2D eigenvalue weighted by Crippen LogP contribution is 2.23. The lowest BCUT2D eigenvalue weighted by molar-refractivity contribution is -0.122. The van der Waals surface area contributed by atoms with Gasteiger partial charge in [-0.1, -0.05) is 13.8 Å². The molecule has 0 radical (unpaired) electrons. The van der Waals surface area contributed by atoms with Gasteiger partial charge in [0, 0.05) is 38.2 Å². The van der Waals surface area contributed by atoms with Crippen molar-refractivity contribution in [1.29, 1.82) is 0 Å². The van der Waals surface area contributed by atoms with Crippen molar-refractivity contribution in [2.24, 2.45) is 5.92 Å². The van der Waals surface area contributed by atoms with Gasteiger partial charge in [-0.05, 0) is 38.5 Å². The fourth-order valence-corrected chi connectivity index (χ4v) is 3.34. The first-order chi connectivity index (χ1) is 11.6. The van der Waals surface area contributed by atoms with Gasteiger partial charge in [0.1, 0.15) is 0 Å². The minimum Gasteiger partial charge on any atom is -0.370 e. The normalized spacial score (nSPS) is 18.0. The van der Waals surface area contributed by atoms with Crippen LogP contribution in [0.15, 0.2) is 17.1 Å². The summed E-state index contributed by atoms with van der Waals surface area (Å²) in [6.07, 6.45) is 6.37. The van der Waals surface area contributed by atoms with Crippen LogP contribution in [0.1, 0.15) is 52.9 Å². The summed E-state index contributed by atoms with van der Waals surface area (Å²) in [5, 5.41) is 7.32. The first-order valence-electron chi connectivity index (χ1n) is 9.18. The third-order valence-corrected chi connectivity index (χ3v) is 4.86. The molecule has 1 unspecified atom stereocenters. The zero-order valence-electron chi connectivity index (χ0n) is 15.1. The van der Waals surface area contributed by atoms with Gasteiger partial charge in [0.2, 0.25) is 5.91 Å². The predicted molar refractivity (Wildman–Crippen MR) is 96.2 cm³/mol. The maximum atomic E-state index is 12.2. The summed E-state index contributed by atoms with van der Waals surface area (Å²) in [7, 11) is 0. The monoisotopic (exact) mass is 334 g/mol. The standard InChI is InChI=1S/C18H30N4O2/c1-4-15(5-2)20-17(23)10-14-8-7-9-21(13-14)16-11-18(24)22(6-3)19-12-16/h11-12,14-15H,4-10,13H2,1-3H3,(H,20,23). The SMILES string of the molecule is CCC(CC)NC(=O)CC1CCCN(c2cnn(CC)c(=O)c2)C1. The van der Waals surface area contributed by atoms with Gasteiger partial charge in [-0.3, -0.25) is 9.59 Å². The number of aryl methyl sites for hydroxylation is 1. The van der Waals surface area contributed by atoms with Crippen molar-refractivity contribution in [3.63, 3.8) is 0 Å². The Bertz CT molecular complexity index is 595. The summed E-state index contributed by atoms with van der Waals surface area (Å²) in [5.41, 5.74) is 0.804. The van der Waals surface area contributed by atoms with Crippen LogP contribution in [0.5, 0.6) is 0 Å². The van der Waals surface area contributed by atoms with Crippen LogP contribution in [0.4, 0.5) is 5.69 Å². The molecule has 1 N–H and O–H groups in total. The number of hydrogen-bond acceptors (Lipinski definition) is 4. The molecule has 0 saturated carbocycles. The second-order valence-electron chi connectivity index (χ2n) is 6.61. The maximum Gasteiger partial charge on any atom is 0.268 e. The van der Waals surface area contributed by atoms with E-state index < -0.39 is 0 Å². The smallest absolute Gasteiger partial charge is 0.268 e. The molecule has 1 fully saturated rings. The number of piperidine rings is 1. The first kappa shape index (κ1) is 18.5. The van der Waals surface area contributed by atoms with E-state index in [-0.39, 0.29) is 17.5 Å². The van der Waals surface area contributed by atoms with Gasteiger partial charge in [-0.2, -0.15) is 5.10 Å². The first-order valence-corrected chi connectivity index (χ1v) is 9.18. The van der Waals surface area contributed by atoms with Crippen LogP contribution in [-0.2, 0) is 11.3 Å². The zero-order valence-corrected chi connectivity index (χ0v) is 15.1. The van der Waals surface area contributed by atoms with E-state index in [1.54, 1.807) is 12.3 Å². The highest BCUT2D eigenvalue weighted by Gasteiger charge is 2.23. The van der Waals surface area contributed by atoms with E-state index >= 15 is 0 Å². The molecule has 1 atom stereocenters. The number of amides is 1. The molecular formula is C18H30N4O2. The second kappa shape index (κ2) is 8.85. The molecule has 0 aromatic carbocycles. The second-order valence-corrected chi connectivity index (χ2v) is 6.61. The summed E-state index contributed by atoms with van der Waals surface area (Å²) in [6, 6.07) is 1.94. The Kier molecular flexibility index (Phi) is 6.82. The minimum absolute atomic E-state index is 0.0661. The zero-order chi connectivity index (χ0) is 17.5. The summed E-state index contributed by atoms with van der Waals surface area (Å²) < 4.78 is 1.45. The molecule has 0 spiro atoms. The number of nitrogens with one attached hydrogen (secondary N) is 1. The van der Waals surface area contributed by atoms with Crippen LogP contribution in [0.2, 0.25) is 0 Å². The van der Waals surface area contributed by atoms with Crippen LogP contribution >= 0.6 is 0 Å². The van der Waals surface area contributed by atoms with Crippen LogP contribution in [-0.4, -0.2) is 34.8 Å². The Labute approximate surface area is 144 Å². The van der Waals surface area contributed by atoms with E-state index in [0.717, 1.165) is 44.5 Å². The van der Waals surface area contributed by atoms with Gasteiger partial charge >= 0.3 is 0 Å². The van der Waals surface area contributed by atoms with Crippen LogP contribution in [0, 0.1) is 5.92 Å². The van der Waals surface area contributed by atoms with Gasteiger partial charge in [-0.15, -0.1) is 0 Å². The molecule has 1 aromatic rings. The molecule has 1 amide bonds. The summed E-state index contributed by atoms with van der Waals surface area (Å²) in [5.74, 6) is 0.483. The summed E-state index contributed by atoms with van der Waals surface area (Å²) in [4.78, 5) is 26.4. The van der Waals surface area contributed by atoms with Gasteiger partial charge < -0.3 is 10.2 Å². The average molecular weight is 334 g/mol. The highest BCUT2D eigenvalue weighted by atomic mass is 16.1. The third-order valence-electron chi connectivity index (χ3n) is 4.86. The highest BCUT2D eigenvalue weighted by molar-refractivity contribution is 5.76. The molecule has 0 aliphatic carbocycles. The summed E-state index contributed by atoms with van der Waals surface area (Å²) >= 11 is 0. The number of anilines is 1. The topological polar surface area (TPSA) is 67.2 Å². The van der Waals surface area contributed by atoms with E-state index in [4.69, 9.17) is 0 Å². The molecule has 1 aliphatic heterocycles. The van der Waals surface area contributed by atoms with Gasteiger partial charge in [-0.25, -0.2) is 4.68 Å². The number of hydrogen-bond donors (Lipinski definition) is 1. The van der Waals surface area contributed by atoms with E-state index in [2.05, 4.69) is 29.2 Å². The van der Waals surface area contributed by atoms with Crippen molar-refractivity contribution < 1.29 is 4.79 Å². The lowest BCUT2D eigenvalue weighted by Gasteiger charge is -2.34. The van der Waals surface area contributed by atoms with Gasteiger partial charge in [0.05, 0.1) is 11.9 Å². The Balaban J connectivity index is 1.95. The van der Waals surface area contributed by atoms with E-state index in [1.807, 2.05) is 6.92 Å². The molecule has 2 heterocycles. The minimum atomic E-state index is -0.0661. The average Bonchev–Trinajstić information content (AvgIpc) is 2.59. The Morgan fingerprint density at radius 1 is 1.38 bits per heavy atom. The number of aromatic nitrogens is 2. The van der Waals surface area contributed by atoms with Crippen molar-refractivity contribution in [2.45, 2.75) is 65.5 Å². The molecule has 1 saturated heterocycles. The predicted octanol–water partition coefficient (Wildman–Crippen LogP) is 2.17. The summed E-state index contributed by atoms with van der Waals surface area (Å²) in [6.45, 7) is 8.42.